The SMILES string of the molecule is C#CC(C)(C)c1cc(Br)ccc1O. The predicted octanol–water partition coefficient (Wildman–Crippen LogP) is 3.07. The zero-order valence-electron chi connectivity index (χ0n) is 7.63. The van der Waals surface area contributed by atoms with Crippen molar-refractivity contribution in [3.63, 3.8) is 0 Å². The summed E-state index contributed by atoms with van der Waals surface area (Å²) in [6.45, 7) is 3.79. The van der Waals surface area contributed by atoms with Gasteiger partial charge in [0.25, 0.3) is 0 Å². The summed E-state index contributed by atoms with van der Waals surface area (Å²) >= 11 is 3.34. The molecule has 0 aliphatic carbocycles. The fourth-order valence-corrected chi connectivity index (χ4v) is 1.45. The molecule has 1 aromatic rings. The number of hydrogen-bond acceptors (Lipinski definition) is 1. The fourth-order valence-electron chi connectivity index (χ4n) is 1.09. The van der Waals surface area contributed by atoms with Gasteiger partial charge in [0.05, 0.1) is 5.41 Å². The molecule has 0 saturated heterocycles. The Labute approximate surface area is 86.9 Å². The van der Waals surface area contributed by atoms with Crippen molar-refractivity contribution in [3.8, 4) is 18.1 Å². The van der Waals surface area contributed by atoms with E-state index in [0.29, 0.717) is 0 Å². The Kier molecular flexibility index (Phi) is 2.68. The average molecular weight is 239 g/mol. The summed E-state index contributed by atoms with van der Waals surface area (Å²) in [6, 6.07) is 5.26. The van der Waals surface area contributed by atoms with Crippen LogP contribution in [0.5, 0.6) is 5.75 Å². The van der Waals surface area contributed by atoms with Crippen LogP contribution in [-0.2, 0) is 5.41 Å². The van der Waals surface area contributed by atoms with Crippen molar-refractivity contribution in [3.05, 3.63) is 28.2 Å². The van der Waals surface area contributed by atoms with E-state index in [1.807, 2.05) is 19.9 Å². The molecule has 0 aromatic heterocycles. The molecule has 0 amide bonds. The van der Waals surface area contributed by atoms with Gasteiger partial charge in [0.2, 0.25) is 0 Å². The van der Waals surface area contributed by atoms with Gasteiger partial charge < -0.3 is 5.11 Å². The molecular formula is C11H11BrO. The van der Waals surface area contributed by atoms with E-state index in [2.05, 4.69) is 21.9 Å². The number of halogens is 1. The van der Waals surface area contributed by atoms with Crippen molar-refractivity contribution < 1.29 is 5.11 Å². The molecule has 13 heavy (non-hydrogen) atoms. The Morgan fingerprint density at radius 2 is 2.08 bits per heavy atom. The highest BCUT2D eigenvalue weighted by Crippen LogP contribution is 2.32. The van der Waals surface area contributed by atoms with Crippen LogP contribution in [0.3, 0.4) is 0 Å². The van der Waals surface area contributed by atoms with Gasteiger partial charge in [0.15, 0.2) is 0 Å². The lowest BCUT2D eigenvalue weighted by Crippen LogP contribution is -2.13. The number of rotatable bonds is 1. The highest BCUT2D eigenvalue weighted by atomic mass is 79.9. The molecule has 0 aliphatic rings. The van der Waals surface area contributed by atoms with Crippen LogP contribution >= 0.6 is 15.9 Å². The quantitative estimate of drug-likeness (QED) is 0.746. The molecule has 1 N–H and O–H groups in total. The van der Waals surface area contributed by atoms with E-state index in [4.69, 9.17) is 6.42 Å². The summed E-state index contributed by atoms with van der Waals surface area (Å²) in [5, 5.41) is 9.59. The zero-order chi connectivity index (χ0) is 10.1. The zero-order valence-corrected chi connectivity index (χ0v) is 9.22. The number of hydrogen-bond donors (Lipinski definition) is 1. The molecule has 2 heteroatoms. The minimum atomic E-state index is -0.437. The fraction of sp³-hybridized carbons (Fsp3) is 0.273. The van der Waals surface area contributed by atoms with Crippen LogP contribution in [0.1, 0.15) is 19.4 Å². The van der Waals surface area contributed by atoms with Gasteiger partial charge in [-0.25, -0.2) is 0 Å². The first-order valence-corrected chi connectivity index (χ1v) is 4.73. The molecule has 0 aliphatic heterocycles. The molecule has 0 radical (unpaired) electrons. The van der Waals surface area contributed by atoms with Gasteiger partial charge in [-0.15, -0.1) is 6.42 Å². The Balaban J connectivity index is 3.30. The van der Waals surface area contributed by atoms with Gasteiger partial charge in [-0.2, -0.15) is 0 Å². The molecule has 0 bridgehead atoms. The number of phenolic OH excluding ortho intramolecular Hbond substituents is 1. The van der Waals surface area contributed by atoms with E-state index in [-0.39, 0.29) is 5.75 Å². The van der Waals surface area contributed by atoms with E-state index < -0.39 is 5.41 Å². The molecular weight excluding hydrogens is 228 g/mol. The summed E-state index contributed by atoms with van der Waals surface area (Å²) in [7, 11) is 0. The summed E-state index contributed by atoms with van der Waals surface area (Å²) in [6.07, 6.45) is 5.38. The van der Waals surface area contributed by atoms with E-state index >= 15 is 0 Å². The lowest BCUT2D eigenvalue weighted by molar-refractivity contribution is 0.457. The largest absolute Gasteiger partial charge is 0.508 e. The first-order valence-electron chi connectivity index (χ1n) is 3.94. The molecule has 68 valence electrons. The summed E-state index contributed by atoms with van der Waals surface area (Å²) < 4.78 is 0.920. The van der Waals surface area contributed by atoms with Crippen molar-refractivity contribution in [2.75, 3.05) is 0 Å². The Bertz CT molecular complexity index is 361. The highest BCUT2D eigenvalue weighted by Gasteiger charge is 2.20. The molecule has 1 aromatic carbocycles. The Morgan fingerprint density at radius 3 is 2.62 bits per heavy atom. The smallest absolute Gasteiger partial charge is 0.120 e. The van der Waals surface area contributed by atoms with Crippen LogP contribution in [0.25, 0.3) is 0 Å². The maximum absolute atomic E-state index is 9.59. The van der Waals surface area contributed by atoms with Crippen molar-refractivity contribution in [1.82, 2.24) is 0 Å². The number of benzene rings is 1. The molecule has 0 atom stereocenters. The second-order valence-corrected chi connectivity index (χ2v) is 4.35. The van der Waals surface area contributed by atoms with Crippen molar-refractivity contribution in [2.24, 2.45) is 0 Å². The van der Waals surface area contributed by atoms with Gasteiger partial charge in [-0.3, -0.25) is 0 Å². The van der Waals surface area contributed by atoms with Gasteiger partial charge in [-0.1, -0.05) is 21.9 Å². The highest BCUT2D eigenvalue weighted by molar-refractivity contribution is 9.10. The van der Waals surface area contributed by atoms with Crippen LogP contribution in [0, 0.1) is 12.3 Å². The number of terminal acetylenes is 1. The normalized spacial score (nSPS) is 10.9. The third-order valence-corrected chi connectivity index (χ3v) is 2.49. The molecule has 0 saturated carbocycles. The van der Waals surface area contributed by atoms with Crippen molar-refractivity contribution in [1.29, 1.82) is 0 Å². The summed E-state index contributed by atoms with van der Waals surface area (Å²) in [5.41, 5.74) is 0.331. The van der Waals surface area contributed by atoms with E-state index in [1.165, 1.54) is 0 Å². The summed E-state index contributed by atoms with van der Waals surface area (Å²) in [5.74, 6) is 2.89. The minimum absolute atomic E-state index is 0.242. The third kappa shape index (κ3) is 2.05. The number of aromatic hydroxyl groups is 1. The molecule has 1 nitrogen and oxygen atoms in total. The number of phenols is 1. The lowest BCUT2D eigenvalue weighted by atomic mass is 9.85. The standard InChI is InChI=1S/C11H11BrO/c1-4-11(2,3)9-7-8(12)5-6-10(9)13/h1,5-7,13H,2-3H3. The molecule has 0 fully saturated rings. The van der Waals surface area contributed by atoms with Gasteiger partial charge in [0, 0.05) is 10.0 Å². The Hall–Kier alpha value is -0.940. The van der Waals surface area contributed by atoms with Crippen LogP contribution in [0.4, 0.5) is 0 Å². The predicted molar refractivity (Wildman–Crippen MR) is 57.7 cm³/mol. The van der Waals surface area contributed by atoms with Crippen LogP contribution in [0.2, 0.25) is 0 Å². The van der Waals surface area contributed by atoms with Gasteiger partial charge >= 0.3 is 0 Å². The van der Waals surface area contributed by atoms with Gasteiger partial charge in [0.1, 0.15) is 5.75 Å². The molecule has 0 heterocycles. The first-order chi connectivity index (χ1) is 5.97. The lowest BCUT2D eigenvalue weighted by Gasteiger charge is -2.19. The monoisotopic (exact) mass is 238 g/mol. The van der Waals surface area contributed by atoms with E-state index in [1.54, 1.807) is 12.1 Å². The maximum atomic E-state index is 9.59. The van der Waals surface area contributed by atoms with Crippen LogP contribution in [0.15, 0.2) is 22.7 Å². The summed E-state index contributed by atoms with van der Waals surface area (Å²) in [4.78, 5) is 0. The third-order valence-electron chi connectivity index (χ3n) is 1.99. The second-order valence-electron chi connectivity index (χ2n) is 3.43. The van der Waals surface area contributed by atoms with Crippen LogP contribution < -0.4 is 0 Å². The molecule has 0 spiro atoms. The van der Waals surface area contributed by atoms with E-state index in [9.17, 15) is 5.11 Å². The van der Waals surface area contributed by atoms with E-state index in [0.717, 1.165) is 10.0 Å². The molecule has 1 rings (SSSR count). The van der Waals surface area contributed by atoms with Crippen LogP contribution in [-0.4, -0.2) is 5.11 Å². The van der Waals surface area contributed by atoms with Crippen molar-refractivity contribution in [2.45, 2.75) is 19.3 Å². The topological polar surface area (TPSA) is 20.2 Å². The average Bonchev–Trinajstić information content (AvgIpc) is 2.09. The Morgan fingerprint density at radius 1 is 1.46 bits per heavy atom. The van der Waals surface area contributed by atoms with Crippen molar-refractivity contribution >= 4 is 15.9 Å². The maximum Gasteiger partial charge on any atom is 0.120 e. The first kappa shape index (κ1) is 10.1. The van der Waals surface area contributed by atoms with Gasteiger partial charge in [-0.05, 0) is 32.0 Å². The molecule has 0 unspecified atom stereocenters. The minimum Gasteiger partial charge on any atom is -0.508 e. The second kappa shape index (κ2) is 3.43.